The number of likely N-dealkylation sites (tertiary alicyclic amines) is 1. The molecule has 1 aromatic heterocycles. The summed E-state index contributed by atoms with van der Waals surface area (Å²) in [6.45, 7) is 3.53. The smallest absolute Gasteiger partial charge is 0.227 e. The van der Waals surface area contributed by atoms with Crippen LogP contribution in [0.2, 0.25) is 0 Å². The van der Waals surface area contributed by atoms with Crippen molar-refractivity contribution in [1.29, 1.82) is 0 Å². The maximum absolute atomic E-state index is 12.9. The molecular weight excluding hydrogens is 392 g/mol. The van der Waals surface area contributed by atoms with Gasteiger partial charge in [0, 0.05) is 45.1 Å². The number of hydrogen-bond donors (Lipinski definition) is 0. The van der Waals surface area contributed by atoms with Crippen molar-refractivity contribution in [2.45, 2.75) is 6.42 Å². The summed E-state index contributed by atoms with van der Waals surface area (Å²) < 4.78 is 12.8. The van der Waals surface area contributed by atoms with E-state index in [1.54, 1.807) is 14.2 Å². The van der Waals surface area contributed by atoms with Crippen molar-refractivity contribution in [2.75, 3.05) is 45.3 Å². The minimum Gasteiger partial charge on any atom is -0.493 e. The summed E-state index contributed by atoms with van der Waals surface area (Å²) in [7, 11) is 5.31. The lowest BCUT2D eigenvalue weighted by Gasteiger charge is -2.22. The van der Waals surface area contributed by atoms with Crippen molar-refractivity contribution in [3.63, 3.8) is 0 Å². The van der Waals surface area contributed by atoms with E-state index in [-0.39, 0.29) is 5.91 Å². The Morgan fingerprint density at radius 2 is 1.71 bits per heavy atom. The standard InChI is InChI=1S/C24H28N4O3/c1-26-20-7-5-4-6-19(20)25-24(26)28-14-17-12-27(13-18(17)15-28)23(29)11-16-8-9-21(30-2)22(10-16)31-3/h4-10,17-18H,11-15H2,1-3H3. The Balaban J connectivity index is 1.24. The van der Waals surface area contributed by atoms with Crippen molar-refractivity contribution in [3.05, 3.63) is 48.0 Å². The molecule has 2 aliphatic rings. The Hall–Kier alpha value is -3.22. The van der Waals surface area contributed by atoms with Crippen LogP contribution < -0.4 is 14.4 Å². The minimum absolute atomic E-state index is 0.177. The molecule has 2 aromatic carbocycles. The Bertz CT molecular complexity index is 1110. The summed E-state index contributed by atoms with van der Waals surface area (Å²) in [5.74, 6) is 3.53. The SMILES string of the molecule is COc1ccc(CC(=O)N2CC3CN(c4nc5ccccc5n4C)CC3C2)cc1OC. The third-order valence-electron chi connectivity index (χ3n) is 6.69. The van der Waals surface area contributed by atoms with Gasteiger partial charge in [-0.1, -0.05) is 18.2 Å². The molecule has 0 aliphatic carbocycles. The monoisotopic (exact) mass is 420 g/mol. The molecule has 2 aliphatic heterocycles. The number of aromatic nitrogens is 2. The van der Waals surface area contributed by atoms with Crippen LogP contribution in [0.4, 0.5) is 5.95 Å². The lowest BCUT2D eigenvalue weighted by atomic mass is 10.0. The Morgan fingerprint density at radius 1 is 1.00 bits per heavy atom. The van der Waals surface area contributed by atoms with E-state index in [1.807, 2.05) is 29.2 Å². The second kappa shape index (κ2) is 7.80. The first-order valence-corrected chi connectivity index (χ1v) is 10.7. The molecule has 2 fully saturated rings. The average Bonchev–Trinajstić information content (AvgIpc) is 3.45. The number of para-hydroxylation sites is 2. The highest BCUT2D eigenvalue weighted by atomic mass is 16.5. The van der Waals surface area contributed by atoms with E-state index in [9.17, 15) is 4.79 Å². The molecule has 2 unspecified atom stereocenters. The van der Waals surface area contributed by atoms with Gasteiger partial charge in [-0.15, -0.1) is 0 Å². The van der Waals surface area contributed by atoms with Crippen LogP contribution in [0.5, 0.6) is 11.5 Å². The lowest BCUT2D eigenvalue weighted by molar-refractivity contribution is -0.129. The van der Waals surface area contributed by atoms with Crippen LogP contribution in [0.3, 0.4) is 0 Å². The number of carbonyl (C=O) groups excluding carboxylic acids is 1. The number of rotatable bonds is 5. The van der Waals surface area contributed by atoms with Gasteiger partial charge >= 0.3 is 0 Å². The molecule has 3 aromatic rings. The minimum atomic E-state index is 0.177. The predicted octanol–water partition coefficient (Wildman–Crippen LogP) is 2.73. The lowest BCUT2D eigenvalue weighted by Crippen LogP contribution is -2.34. The predicted molar refractivity (Wildman–Crippen MR) is 120 cm³/mol. The highest BCUT2D eigenvalue weighted by molar-refractivity contribution is 5.80. The fourth-order valence-corrected chi connectivity index (χ4v) is 5.05. The third-order valence-corrected chi connectivity index (χ3v) is 6.69. The molecule has 0 N–H and O–H groups in total. The van der Waals surface area contributed by atoms with Crippen LogP contribution in [-0.2, 0) is 18.3 Å². The molecule has 0 radical (unpaired) electrons. The summed E-state index contributed by atoms with van der Waals surface area (Å²) in [6, 6.07) is 13.9. The molecule has 2 atom stereocenters. The van der Waals surface area contributed by atoms with Gasteiger partial charge in [-0.2, -0.15) is 0 Å². The van der Waals surface area contributed by atoms with Crippen molar-refractivity contribution in [1.82, 2.24) is 14.5 Å². The highest BCUT2D eigenvalue weighted by Crippen LogP contribution is 2.35. The first-order valence-electron chi connectivity index (χ1n) is 10.7. The molecular formula is C24H28N4O3. The number of fused-ring (bicyclic) bond motifs is 2. The van der Waals surface area contributed by atoms with E-state index < -0.39 is 0 Å². The molecule has 0 saturated carbocycles. The van der Waals surface area contributed by atoms with Gasteiger partial charge < -0.3 is 23.8 Å². The van der Waals surface area contributed by atoms with Crippen molar-refractivity contribution < 1.29 is 14.3 Å². The fraction of sp³-hybridized carbons (Fsp3) is 0.417. The zero-order valence-corrected chi connectivity index (χ0v) is 18.2. The van der Waals surface area contributed by atoms with Gasteiger partial charge in [0.1, 0.15) is 0 Å². The van der Waals surface area contributed by atoms with Gasteiger partial charge in [0.05, 0.1) is 31.7 Å². The van der Waals surface area contributed by atoms with E-state index in [1.165, 1.54) is 0 Å². The van der Waals surface area contributed by atoms with Crippen LogP contribution in [-0.4, -0.2) is 60.8 Å². The molecule has 7 nitrogen and oxygen atoms in total. The number of ether oxygens (including phenoxy) is 2. The van der Waals surface area contributed by atoms with Gasteiger partial charge in [-0.3, -0.25) is 4.79 Å². The zero-order chi connectivity index (χ0) is 21.5. The first-order chi connectivity index (χ1) is 15.1. The molecule has 3 heterocycles. The normalized spacial score (nSPS) is 20.4. The molecule has 2 saturated heterocycles. The van der Waals surface area contributed by atoms with Gasteiger partial charge in [0.25, 0.3) is 0 Å². The van der Waals surface area contributed by atoms with Gasteiger partial charge in [-0.05, 0) is 29.8 Å². The Kier molecular flexibility index (Phi) is 4.96. The van der Waals surface area contributed by atoms with Crippen LogP contribution >= 0.6 is 0 Å². The van der Waals surface area contributed by atoms with E-state index >= 15 is 0 Å². The number of anilines is 1. The van der Waals surface area contributed by atoms with Crippen molar-refractivity contribution in [2.24, 2.45) is 18.9 Å². The number of nitrogens with zero attached hydrogens (tertiary/aromatic N) is 4. The summed E-state index contributed by atoms with van der Waals surface area (Å²) in [5, 5.41) is 0. The average molecular weight is 421 g/mol. The quantitative estimate of drug-likeness (QED) is 0.635. The van der Waals surface area contributed by atoms with Gasteiger partial charge in [0.2, 0.25) is 11.9 Å². The van der Waals surface area contributed by atoms with E-state index in [0.717, 1.165) is 48.7 Å². The topological polar surface area (TPSA) is 59.8 Å². The summed E-state index contributed by atoms with van der Waals surface area (Å²) >= 11 is 0. The van der Waals surface area contributed by atoms with Gasteiger partial charge in [0.15, 0.2) is 11.5 Å². The Labute approximate surface area is 182 Å². The highest BCUT2D eigenvalue weighted by Gasteiger charge is 2.42. The van der Waals surface area contributed by atoms with Crippen LogP contribution in [0.15, 0.2) is 42.5 Å². The summed E-state index contributed by atoms with van der Waals surface area (Å²) in [5.41, 5.74) is 3.13. The second-order valence-corrected chi connectivity index (χ2v) is 8.55. The molecule has 5 rings (SSSR count). The number of hydrogen-bond acceptors (Lipinski definition) is 5. The van der Waals surface area contributed by atoms with Gasteiger partial charge in [-0.25, -0.2) is 4.98 Å². The number of carbonyl (C=O) groups is 1. The third kappa shape index (κ3) is 3.48. The van der Waals surface area contributed by atoms with Crippen molar-refractivity contribution >= 4 is 22.9 Å². The maximum Gasteiger partial charge on any atom is 0.227 e. The van der Waals surface area contributed by atoms with E-state index in [4.69, 9.17) is 14.5 Å². The van der Waals surface area contributed by atoms with Crippen LogP contribution in [0.25, 0.3) is 11.0 Å². The van der Waals surface area contributed by atoms with Crippen LogP contribution in [0.1, 0.15) is 5.56 Å². The molecule has 162 valence electrons. The number of imidazole rings is 1. The number of aryl methyl sites for hydroxylation is 1. The van der Waals surface area contributed by atoms with Crippen LogP contribution in [0, 0.1) is 11.8 Å². The molecule has 0 bridgehead atoms. The maximum atomic E-state index is 12.9. The number of methoxy groups -OCH3 is 2. The summed E-state index contributed by atoms with van der Waals surface area (Å²) in [6.07, 6.45) is 0.383. The molecule has 0 spiro atoms. The molecule has 7 heteroatoms. The number of amides is 1. The fourth-order valence-electron chi connectivity index (χ4n) is 5.05. The first kappa shape index (κ1) is 19.7. The second-order valence-electron chi connectivity index (χ2n) is 8.55. The largest absolute Gasteiger partial charge is 0.493 e. The number of benzene rings is 2. The van der Waals surface area contributed by atoms with E-state index in [0.29, 0.717) is 29.8 Å². The Morgan fingerprint density at radius 3 is 2.39 bits per heavy atom. The zero-order valence-electron chi connectivity index (χ0n) is 18.2. The van der Waals surface area contributed by atoms with E-state index in [2.05, 4.69) is 34.7 Å². The van der Waals surface area contributed by atoms with Crippen molar-refractivity contribution in [3.8, 4) is 11.5 Å². The molecule has 1 amide bonds. The summed E-state index contributed by atoms with van der Waals surface area (Å²) in [4.78, 5) is 22.2. The molecule has 31 heavy (non-hydrogen) atoms.